The molecule has 1 rings (SSSR count). The van der Waals surface area contributed by atoms with Gasteiger partial charge in [-0.1, -0.05) is 43.3 Å². The van der Waals surface area contributed by atoms with Gasteiger partial charge in [-0.2, -0.15) is 0 Å². The first kappa shape index (κ1) is 12.5. The average molecular weight is 217 g/mol. The largest absolute Gasteiger partial charge is 0.356 e. The van der Waals surface area contributed by atoms with E-state index in [9.17, 15) is 4.79 Å². The molecule has 0 atom stereocenters. The monoisotopic (exact) mass is 217 g/mol. The summed E-state index contributed by atoms with van der Waals surface area (Å²) in [6.07, 6.45) is 6.12. The standard InChI is InChI=1S/C14H19NO/c1-3-13-8-6-9-14(11-13)7-4-5-10-15-12(2)16/h4,6-9,11H,3,5,10H2,1-2H3,(H,15,16). The van der Waals surface area contributed by atoms with Crippen molar-refractivity contribution >= 4 is 12.0 Å². The van der Waals surface area contributed by atoms with Crippen molar-refractivity contribution in [3.8, 4) is 0 Å². The third-order valence-corrected chi connectivity index (χ3v) is 2.35. The van der Waals surface area contributed by atoms with Crippen molar-refractivity contribution in [2.75, 3.05) is 6.54 Å². The molecule has 86 valence electrons. The Balaban J connectivity index is 2.40. The van der Waals surface area contributed by atoms with Gasteiger partial charge >= 0.3 is 0 Å². The summed E-state index contributed by atoms with van der Waals surface area (Å²) in [4.78, 5) is 10.6. The highest BCUT2D eigenvalue weighted by Crippen LogP contribution is 2.07. The number of benzene rings is 1. The first-order valence-electron chi connectivity index (χ1n) is 5.72. The molecule has 1 aromatic carbocycles. The van der Waals surface area contributed by atoms with Gasteiger partial charge in [0.25, 0.3) is 0 Å². The minimum atomic E-state index is 0.0291. The lowest BCUT2D eigenvalue weighted by molar-refractivity contribution is -0.118. The molecule has 1 N–H and O–H groups in total. The smallest absolute Gasteiger partial charge is 0.216 e. The fourth-order valence-corrected chi connectivity index (χ4v) is 1.47. The number of hydrogen-bond donors (Lipinski definition) is 1. The zero-order valence-corrected chi connectivity index (χ0v) is 9.99. The maximum absolute atomic E-state index is 10.6. The fraction of sp³-hybridized carbons (Fsp3) is 0.357. The molecule has 0 fully saturated rings. The van der Waals surface area contributed by atoms with E-state index in [1.165, 1.54) is 18.1 Å². The van der Waals surface area contributed by atoms with Crippen molar-refractivity contribution in [2.45, 2.75) is 26.7 Å². The Hall–Kier alpha value is -1.57. The molecule has 0 aliphatic carbocycles. The summed E-state index contributed by atoms with van der Waals surface area (Å²) in [5.74, 6) is 0.0291. The highest BCUT2D eigenvalue weighted by atomic mass is 16.1. The Bertz CT molecular complexity index is 369. The molecule has 0 unspecified atom stereocenters. The van der Waals surface area contributed by atoms with E-state index in [-0.39, 0.29) is 5.91 Å². The molecule has 0 saturated carbocycles. The quantitative estimate of drug-likeness (QED) is 0.755. The Kier molecular flexibility index (Phi) is 5.34. The van der Waals surface area contributed by atoms with Gasteiger partial charge in [-0.25, -0.2) is 0 Å². The third kappa shape index (κ3) is 4.78. The predicted octanol–water partition coefficient (Wildman–Crippen LogP) is 2.79. The molecule has 0 aliphatic heterocycles. The molecule has 0 saturated heterocycles. The lowest BCUT2D eigenvalue weighted by atomic mass is 10.1. The maximum Gasteiger partial charge on any atom is 0.216 e. The first-order valence-corrected chi connectivity index (χ1v) is 5.72. The Morgan fingerprint density at radius 2 is 2.25 bits per heavy atom. The zero-order chi connectivity index (χ0) is 11.8. The second-order valence-electron chi connectivity index (χ2n) is 3.77. The van der Waals surface area contributed by atoms with E-state index < -0.39 is 0 Å². The van der Waals surface area contributed by atoms with Crippen LogP contribution < -0.4 is 5.32 Å². The van der Waals surface area contributed by atoms with Gasteiger partial charge in [0.1, 0.15) is 0 Å². The van der Waals surface area contributed by atoms with Gasteiger partial charge in [0, 0.05) is 13.5 Å². The molecule has 16 heavy (non-hydrogen) atoms. The summed E-state index contributed by atoms with van der Waals surface area (Å²) < 4.78 is 0. The summed E-state index contributed by atoms with van der Waals surface area (Å²) in [5.41, 5.74) is 2.58. The van der Waals surface area contributed by atoms with Crippen molar-refractivity contribution in [2.24, 2.45) is 0 Å². The maximum atomic E-state index is 10.6. The van der Waals surface area contributed by atoms with Gasteiger partial charge in [0.05, 0.1) is 0 Å². The van der Waals surface area contributed by atoms with Crippen LogP contribution in [0.15, 0.2) is 30.3 Å². The van der Waals surface area contributed by atoms with Crippen LogP contribution in [-0.2, 0) is 11.2 Å². The topological polar surface area (TPSA) is 29.1 Å². The summed E-state index contributed by atoms with van der Waals surface area (Å²) in [7, 11) is 0. The van der Waals surface area contributed by atoms with E-state index in [1.807, 2.05) is 0 Å². The summed E-state index contributed by atoms with van der Waals surface area (Å²) >= 11 is 0. The molecule has 0 heterocycles. The van der Waals surface area contributed by atoms with Crippen molar-refractivity contribution in [3.63, 3.8) is 0 Å². The van der Waals surface area contributed by atoms with Crippen LogP contribution in [0, 0.1) is 0 Å². The van der Waals surface area contributed by atoms with E-state index >= 15 is 0 Å². The molecule has 2 nitrogen and oxygen atoms in total. The number of carbonyl (C=O) groups is 1. The lowest BCUT2D eigenvalue weighted by Crippen LogP contribution is -2.20. The number of nitrogens with one attached hydrogen (secondary N) is 1. The third-order valence-electron chi connectivity index (χ3n) is 2.35. The molecule has 0 bridgehead atoms. The van der Waals surface area contributed by atoms with Crippen LogP contribution in [0.2, 0.25) is 0 Å². The molecule has 1 amide bonds. The van der Waals surface area contributed by atoms with Crippen LogP contribution in [0.1, 0.15) is 31.4 Å². The molecular weight excluding hydrogens is 198 g/mol. The Morgan fingerprint density at radius 3 is 2.94 bits per heavy atom. The Morgan fingerprint density at radius 1 is 1.44 bits per heavy atom. The zero-order valence-electron chi connectivity index (χ0n) is 9.99. The van der Waals surface area contributed by atoms with Crippen LogP contribution >= 0.6 is 0 Å². The molecule has 0 aromatic heterocycles. The number of aryl methyl sites for hydroxylation is 1. The number of hydrogen-bond acceptors (Lipinski definition) is 1. The lowest BCUT2D eigenvalue weighted by Gasteiger charge is -1.99. The molecule has 0 radical (unpaired) electrons. The van der Waals surface area contributed by atoms with Gasteiger partial charge in [-0.15, -0.1) is 0 Å². The van der Waals surface area contributed by atoms with Gasteiger partial charge < -0.3 is 5.32 Å². The van der Waals surface area contributed by atoms with Crippen molar-refractivity contribution in [1.29, 1.82) is 0 Å². The number of carbonyl (C=O) groups excluding carboxylic acids is 1. The van der Waals surface area contributed by atoms with Crippen molar-refractivity contribution in [3.05, 3.63) is 41.5 Å². The second kappa shape index (κ2) is 6.83. The van der Waals surface area contributed by atoms with Gasteiger partial charge in [0.15, 0.2) is 0 Å². The van der Waals surface area contributed by atoms with Crippen molar-refractivity contribution < 1.29 is 4.79 Å². The van der Waals surface area contributed by atoms with Gasteiger partial charge in [-0.3, -0.25) is 4.79 Å². The van der Waals surface area contributed by atoms with Crippen molar-refractivity contribution in [1.82, 2.24) is 5.32 Å². The van der Waals surface area contributed by atoms with E-state index in [1.54, 1.807) is 0 Å². The summed E-state index contributed by atoms with van der Waals surface area (Å²) in [6.45, 7) is 4.40. The SMILES string of the molecule is CCc1cccc(C=CCCNC(C)=O)c1. The van der Waals surface area contributed by atoms with Gasteiger partial charge in [0.2, 0.25) is 5.91 Å². The predicted molar refractivity (Wildman–Crippen MR) is 68.2 cm³/mol. The van der Waals surface area contributed by atoms with E-state index in [0.717, 1.165) is 12.8 Å². The summed E-state index contributed by atoms with van der Waals surface area (Å²) in [5, 5.41) is 2.76. The van der Waals surface area contributed by atoms with Crippen LogP contribution in [0.5, 0.6) is 0 Å². The van der Waals surface area contributed by atoms with Crippen LogP contribution in [0.4, 0.5) is 0 Å². The highest BCUT2D eigenvalue weighted by Gasteiger charge is 1.90. The summed E-state index contributed by atoms with van der Waals surface area (Å²) in [6, 6.07) is 8.49. The average Bonchev–Trinajstić information content (AvgIpc) is 2.28. The minimum absolute atomic E-state index is 0.0291. The number of amides is 1. The molecular formula is C14H19NO. The molecule has 0 aliphatic rings. The van der Waals surface area contributed by atoms with E-state index in [4.69, 9.17) is 0 Å². The first-order chi connectivity index (χ1) is 7.72. The minimum Gasteiger partial charge on any atom is -0.356 e. The van der Waals surface area contributed by atoms with Crippen LogP contribution in [0.25, 0.3) is 6.08 Å². The number of rotatable bonds is 5. The van der Waals surface area contributed by atoms with Crippen LogP contribution in [0.3, 0.4) is 0 Å². The fourth-order valence-electron chi connectivity index (χ4n) is 1.47. The molecule has 2 heteroatoms. The molecule has 0 spiro atoms. The van der Waals surface area contributed by atoms with E-state index in [0.29, 0.717) is 6.54 Å². The van der Waals surface area contributed by atoms with Gasteiger partial charge in [-0.05, 0) is 24.0 Å². The second-order valence-corrected chi connectivity index (χ2v) is 3.77. The highest BCUT2D eigenvalue weighted by molar-refractivity contribution is 5.72. The van der Waals surface area contributed by atoms with Crippen LogP contribution in [-0.4, -0.2) is 12.5 Å². The normalized spacial score (nSPS) is 10.6. The molecule has 1 aromatic rings. The Labute approximate surface area is 97.4 Å². The van der Waals surface area contributed by atoms with E-state index in [2.05, 4.69) is 48.7 Å².